The van der Waals surface area contributed by atoms with Crippen LogP contribution in [0.2, 0.25) is 0 Å². The molecule has 0 spiro atoms. The zero-order valence-electron chi connectivity index (χ0n) is 19.6. The second-order valence-electron chi connectivity index (χ2n) is 10.6. The van der Waals surface area contributed by atoms with Gasteiger partial charge in [0.2, 0.25) is 0 Å². The van der Waals surface area contributed by atoms with Gasteiger partial charge in [-0.15, -0.1) is 0 Å². The van der Waals surface area contributed by atoms with E-state index < -0.39 is 20.4 Å². The quantitative estimate of drug-likeness (QED) is 0.464. The summed E-state index contributed by atoms with van der Waals surface area (Å²) in [6.45, 7) is 0. The second-order valence-corrected chi connectivity index (χ2v) is 17.1. The van der Waals surface area contributed by atoms with Crippen LogP contribution in [0.5, 0.6) is 0 Å². The van der Waals surface area contributed by atoms with E-state index in [1.165, 1.54) is 25.7 Å². The normalized spacial score (nSPS) is 27.4. The van der Waals surface area contributed by atoms with E-state index in [0.717, 1.165) is 42.7 Å². The Hall–Kier alpha value is -1.14. The summed E-state index contributed by atoms with van der Waals surface area (Å²) in [5.74, 6) is -0.150. The highest BCUT2D eigenvalue weighted by molar-refractivity contribution is 7.78. The summed E-state index contributed by atoms with van der Waals surface area (Å²) < 4.78 is 30.0. The van der Waals surface area contributed by atoms with Gasteiger partial charge in [0.25, 0.3) is 0 Å². The highest BCUT2D eigenvalue weighted by Crippen LogP contribution is 2.71. The average molecular weight is 485 g/mol. The minimum atomic E-state index is -2.96. The standard InChI is InChI=1S/C28H38O3P2/c29-27-19-20-28(33(31,24-15-7-8-16-24)25-17-9-10-18-25)26(27)21-32(30,22-11-3-1-4-12-22)23-13-5-2-6-14-23/h1-6,11-14,24-29H,7-10,15-21H2/t26-,27+,28-/m1/s1. The summed E-state index contributed by atoms with van der Waals surface area (Å²) in [6, 6.07) is 19.6. The molecule has 0 heterocycles. The second kappa shape index (κ2) is 9.85. The maximum absolute atomic E-state index is 15.1. The molecule has 2 aromatic carbocycles. The highest BCUT2D eigenvalue weighted by atomic mass is 31.2. The van der Waals surface area contributed by atoms with Crippen molar-refractivity contribution < 1.29 is 14.2 Å². The first kappa shape index (κ1) is 23.6. The van der Waals surface area contributed by atoms with Crippen molar-refractivity contribution in [1.29, 1.82) is 0 Å². The maximum atomic E-state index is 15.1. The van der Waals surface area contributed by atoms with Crippen LogP contribution in [0, 0.1) is 5.92 Å². The summed E-state index contributed by atoms with van der Waals surface area (Å²) in [7, 11) is -5.47. The fraction of sp³-hybridized carbons (Fsp3) is 0.571. The molecule has 5 heteroatoms. The number of rotatable bonds is 7. The summed E-state index contributed by atoms with van der Waals surface area (Å²) >= 11 is 0. The topological polar surface area (TPSA) is 54.4 Å². The first-order valence-electron chi connectivity index (χ1n) is 13.0. The van der Waals surface area contributed by atoms with Crippen LogP contribution in [0.4, 0.5) is 0 Å². The maximum Gasteiger partial charge on any atom is 0.143 e. The van der Waals surface area contributed by atoms with E-state index in [2.05, 4.69) is 0 Å². The first-order chi connectivity index (χ1) is 16.0. The molecule has 2 aromatic rings. The van der Waals surface area contributed by atoms with Crippen molar-refractivity contribution >= 4 is 24.9 Å². The van der Waals surface area contributed by atoms with Gasteiger partial charge in [-0.1, -0.05) is 86.3 Å². The van der Waals surface area contributed by atoms with Crippen LogP contribution in [0.25, 0.3) is 0 Å². The molecule has 0 saturated heterocycles. The molecule has 0 bridgehead atoms. The lowest BCUT2D eigenvalue weighted by atomic mass is 10.1. The fourth-order valence-corrected chi connectivity index (χ4v) is 16.0. The average Bonchev–Trinajstić information content (AvgIpc) is 3.64. The van der Waals surface area contributed by atoms with E-state index in [1.807, 2.05) is 60.7 Å². The fourth-order valence-electron chi connectivity index (χ4n) is 7.22. The van der Waals surface area contributed by atoms with Crippen LogP contribution < -0.4 is 10.6 Å². The Bertz CT molecular complexity index is 946. The van der Waals surface area contributed by atoms with Gasteiger partial charge in [0.15, 0.2) is 0 Å². The Labute approximate surface area is 199 Å². The summed E-state index contributed by atoms with van der Waals surface area (Å²) in [4.78, 5) is 0. The predicted molar refractivity (Wildman–Crippen MR) is 139 cm³/mol. The predicted octanol–water partition coefficient (Wildman–Crippen LogP) is 6.39. The zero-order valence-corrected chi connectivity index (χ0v) is 21.4. The van der Waals surface area contributed by atoms with E-state index in [4.69, 9.17) is 0 Å². The zero-order chi connectivity index (χ0) is 22.9. The van der Waals surface area contributed by atoms with E-state index in [9.17, 15) is 9.67 Å². The molecule has 178 valence electrons. The molecule has 33 heavy (non-hydrogen) atoms. The highest BCUT2D eigenvalue weighted by Gasteiger charge is 2.54. The van der Waals surface area contributed by atoms with Crippen molar-refractivity contribution in [1.82, 2.24) is 0 Å². The van der Waals surface area contributed by atoms with Crippen molar-refractivity contribution in [2.24, 2.45) is 5.92 Å². The van der Waals surface area contributed by atoms with Gasteiger partial charge in [0.1, 0.15) is 7.14 Å². The van der Waals surface area contributed by atoms with Gasteiger partial charge < -0.3 is 14.2 Å². The Kier molecular flexibility index (Phi) is 7.04. The van der Waals surface area contributed by atoms with Gasteiger partial charge >= 0.3 is 0 Å². The number of hydrogen-bond donors (Lipinski definition) is 1. The first-order valence-corrected chi connectivity index (χ1v) is 16.8. The van der Waals surface area contributed by atoms with Crippen molar-refractivity contribution in [3.05, 3.63) is 60.7 Å². The third kappa shape index (κ3) is 4.35. The van der Waals surface area contributed by atoms with Crippen LogP contribution in [0.1, 0.15) is 64.2 Å². The van der Waals surface area contributed by atoms with Gasteiger partial charge in [-0.2, -0.15) is 0 Å². The number of aliphatic hydroxyl groups excluding tert-OH is 1. The molecule has 0 radical (unpaired) electrons. The van der Waals surface area contributed by atoms with Crippen molar-refractivity contribution in [3.63, 3.8) is 0 Å². The Morgan fingerprint density at radius 2 is 1.12 bits per heavy atom. The number of benzene rings is 2. The molecule has 1 N–H and O–H groups in total. The molecule has 0 aliphatic heterocycles. The lowest BCUT2D eigenvalue weighted by Gasteiger charge is -2.39. The molecule has 3 atom stereocenters. The van der Waals surface area contributed by atoms with Crippen LogP contribution in [0.3, 0.4) is 0 Å². The molecular formula is C28H38O3P2. The molecule has 0 amide bonds. The van der Waals surface area contributed by atoms with E-state index in [-0.39, 0.29) is 11.6 Å². The molecule has 3 aliphatic carbocycles. The van der Waals surface area contributed by atoms with Gasteiger partial charge in [-0.05, 0) is 38.5 Å². The smallest absolute Gasteiger partial charge is 0.143 e. The van der Waals surface area contributed by atoms with Crippen LogP contribution in [0.15, 0.2) is 60.7 Å². The van der Waals surface area contributed by atoms with E-state index in [1.54, 1.807) is 0 Å². The largest absolute Gasteiger partial charge is 0.393 e. The molecule has 0 aromatic heterocycles. The van der Waals surface area contributed by atoms with Crippen molar-refractivity contribution in [3.8, 4) is 0 Å². The summed E-state index contributed by atoms with van der Waals surface area (Å²) in [5, 5.41) is 12.9. The lowest BCUT2D eigenvalue weighted by molar-refractivity contribution is 0.143. The molecule has 3 nitrogen and oxygen atoms in total. The third-order valence-electron chi connectivity index (χ3n) is 8.87. The van der Waals surface area contributed by atoms with Crippen LogP contribution in [-0.4, -0.2) is 34.3 Å². The van der Waals surface area contributed by atoms with Crippen LogP contribution in [-0.2, 0) is 9.13 Å². The molecule has 3 saturated carbocycles. The molecule has 3 aliphatic rings. The summed E-state index contributed by atoms with van der Waals surface area (Å²) in [6.07, 6.45) is 10.5. The van der Waals surface area contributed by atoms with Gasteiger partial charge in [-0.3, -0.25) is 0 Å². The third-order valence-corrected chi connectivity index (χ3v) is 17.1. The van der Waals surface area contributed by atoms with Gasteiger partial charge in [0, 0.05) is 39.7 Å². The molecule has 5 rings (SSSR count). The Balaban J connectivity index is 1.54. The van der Waals surface area contributed by atoms with Crippen molar-refractivity contribution in [2.45, 2.75) is 87.3 Å². The minimum Gasteiger partial charge on any atom is -0.393 e. The number of hydrogen-bond acceptors (Lipinski definition) is 3. The lowest BCUT2D eigenvalue weighted by Crippen LogP contribution is -2.35. The Morgan fingerprint density at radius 1 is 0.667 bits per heavy atom. The molecule has 3 fully saturated rings. The van der Waals surface area contributed by atoms with E-state index in [0.29, 0.717) is 23.9 Å². The van der Waals surface area contributed by atoms with Gasteiger partial charge in [0.05, 0.1) is 13.2 Å². The SMILES string of the molecule is O=P(C[C@H]1[C@H](P(=O)(C2CCCC2)C2CCCC2)CC[C@@H]1O)(c1ccccc1)c1ccccc1. The number of aliphatic hydroxyl groups is 1. The van der Waals surface area contributed by atoms with Crippen LogP contribution >= 0.6 is 14.3 Å². The van der Waals surface area contributed by atoms with Gasteiger partial charge in [-0.25, -0.2) is 0 Å². The molecule has 0 unspecified atom stereocenters. The molecular weight excluding hydrogens is 446 g/mol. The van der Waals surface area contributed by atoms with E-state index >= 15 is 4.57 Å². The van der Waals surface area contributed by atoms with Crippen molar-refractivity contribution in [2.75, 3.05) is 6.16 Å². The minimum absolute atomic E-state index is 0.0273. The summed E-state index contributed by atoms with van der Waals surface area (Å²) in [5.41, 5.74) is 0.678. The monoisotopic (exact) mass is 484 g/mol. The Morgan fingerprint density at radius 3 is 1.58 bits per heavy atom.